The highest BCUT2D eigenvalue weighted by atomic mass is 32.2. The molecule has 2 radical (unpaired) electrons. The van der Waals surface area contributed by atoms with Gasteiger partial charge in [-0.05, 0) is 86.2 Å². The largest absolute Gasteiger partial charge is 0.172 e. The van der Waals surface area contributed by atoms with Gasteiger partial charge < -0.3 is 0 Å². The molecule has 0 N–H and O–H groups in total. The second-order valence-corrected chi connectivity index (χ2v) is 15.0. The second-order valence-electron chi connectivity index (χ2n) is 10.2. The first-order valence-electron chi connectivity index (χ1n) is 11.5. The first kappa shape index (κ1) is 23.0. The zero-order valence-electron chi connectivity index (χ0n) is 17.2. The van der Waals surface area contributed by atoms with Crippen LogP contribution in [0.1, 0.15) is 71.1 Å². The third-order valence-corrected chi connectivity index (χ3v) is 13.3. The van der Waals surface area contributed by atoms with Gasteiger partial charge in [0.15, 0.2) is 0 Å². The molecule has 3 aliphatic carbocycles. The van der Waals surface area contributed by atoms with Crippen LogP contribution in [0.2, 0.25) is 5.82 Å². The van der Waals surface area contributed by atoms with Gasteiger partial charge in [0.1, 0.15) is 0 Å². The summed E-state index contributed by atoms with van der Waals surface area (Å²) in [6, 6.07) is 0. The highest BCUT2D eigenvalue weighted by Gasteiger charge is 2.62. The smallest absolute Gasteiger partial charge is 0.0704 e. The maximum absolute atomic E-state index is 6.75. The molecule has 158 valence electrons. The summed E-state index contributed by atoms with van der Waals surface area (Å²) in [7, 11) is 6.75. The minimum atomic E-state index is 0.0802. The van der Waals surface area contributed by atoms with Crippen LogP contribution < -0.4 is 0 Å². The van der Waals surface area contributed by atoms with Crippen molar-refractivity contribution in [3.05, 3.63) is 0 Å². The normalized spacial score (nSPS) is 49.4. The maximum Gasteiger partial charge on any atom is 0.0704 e. The summed E-state index contributed by atoms with van der Waals surface area (Å²) in [6.07, 6.45) is 12.8. The van der Waals surface area contributed by atoms with Crippen LogP contribution in [0.4, 0.5) is 0 Å². The lowest BCUT2D eigenvalue weighted by Crippen LogP contribution is -2.59. The van der Waals surface area contributed by atoms with Crippen LogP contribution in [0.3, 0.4) is 0 Å². The Balaban J connectivity index is 1.49. The lowest BCUT2D eigenvalue weighted by molar-refractivity contribution is 0.0293. The molecule has 1 aliphatic heterocycles. The van der Waals surface area contributed by atoms with E-state index in [4.69, 9.17) is 33.1 Å². The maximum atomic E-state index is 6.75. The summed E-state index contributed by atoms with van der Waals surface area (Å²) in [5.41, 5.74) is 0. The van der Waals surface area contributed by atoms with Crippen LogP contribution in [0.15, 0.2) is 0 Å². The van der Waals surface area contributed by atoms with Crippen LogP contribution in [0.25, 0.3) is 0 Å². The summed E-state index contributed by atoms with van der Waals surface area (Å²) in [5.74, 6) is 5.94. The number of thiol groups is 4. The summed E-state index contributed by atoms with van der Waals surface area (Å²) in [4.78, 5) is 0. The van der Waals surface area contributed by atoms with Gasteiger partial charge in [0.2, 0.25) is 0 Å². The van der Waals surface area contributed by atoms with Crippen LogP contribution in [0.5, 0.6) is 0 Å². The summed E-state index contributed by atoms with van der Waals surface area (Å²) in [5, 5.41) is 0. The molecule has 0 aromatic rings. The number of fused-ring (bicyclic) bond motifs is 5. The van der Waals surface area contributed by atoms with E-state index < -0.39 is 0 Å². The molecule has 0 amide bonds. The molecule has 0 spiro atoms. The molecule has 0 bridgehead atoms. The lowest BCUT2D eigenvalue weighted by atomic mass is 9.55. The molecule has 1 heterocycles. The molecule has 28 heavy (non-hydrogen) atoms. The first-order chi connectivity index (χ1) is 13.3. The van der Waals surface area contributed by atoms with E-state index in [9.17, 15) is 0 Å². The van der Waals surface area contributed by atoms with Crippen molar-refractivity contribution in [2.24, 2.45) is 35.5 Å². The Morgan fingerprint density at radius 2 is 1.79 bits per heavy atom. The Morgan fingerprint density at radius 1 is 1.00 bits per heavy atom. The van der Waals surface area contributed by atoms with Crippen LogP contribution in [0, 0.1) is 35.5 Å². The van der Waals surface area contributed by atoms with Gasteiger partial charge in [0, 0.05) is 9.33 Å². The Labute approximate surface area is 200 Å². The monoisotopic (exact) mass is 472 g/mol. The topological polar surface area (TPSA) is 0 Å². The molecule has 0 nitrogen and oxygen atoms in total. The Bertz CT molecular complexity index is 559. The Hall–Kier alpha value is 1.81. The standard InChI is InChI=1S/C22H37BS5/c1-13-4-2-5-14-8-9-15-16-10-11-17(19(23)6-3-7-20(24)25)22(16,27)28-12-18(15)21(13,14)26/h13-20,24-27H,2-12H2,1H3. The average molecular weight is 473 g/mol. The fourth-order valence-electron chi connectivity index (χ4n) is 7.52. The second kappa shape index (κ2) is 8.98. The van der Waals surface area contributed by atoms with Crippen molar-refractivity contribution in [3.63, 3.8) is 0 Å². The molecule has 0 aromatic heterocycles. The van der Waals surface area contributed by atoms with Crippen molar-refractivity contribution in [2.75, 3.05) is 5.75 Å². The Kier molecular flexibility index (Phi) is 7.38. The molecule has 4 aliphatic rings. The van der Waals surface area contributed by atoms with E-state index in [1.54, 1.807) is 0 Å². The van der Waals surface area contributed by atoms with E-state index in [1.165, 1.54) is 50.7 Å². The molecule has 4 fully saturated rings. The van der Waals surface area contributed by atoms with Crippen molar-refractivity contribution in [2.45, 2.75) is 90.4 Å². The molecule has 3 saturated carbocycles. The van der Waals surface area contributed by atoms with Gasteiger partial charge in [-0.1, -0.05) is 32.0 Å². The van der Waals surface area contributed by atoms with Gasteiger partial charge in [0.25, 0.3) is 0 Å². The van der Waals surface area contributed by atoms with Crippen molar-refractivity contribution in [1.29, 1.82) is 0 Å². The van der Waals surface area contributed by atoms with E-state index in [0.717, 1.165) is 48.9 Å². The van der Waals surface area contributed by atoms with Crippen molar-refractivity contribution >= 4 is 70.1 Å². The van der Waals surface area contributed by atoms with E-state index in [1.807, 2.05) is 0 Å². The van der Waals surface area contributed by atoms with Gasteiger partial charge in [-0.15, -0.1) is 11.8 Å². The van der Waals surface area contributed by atoms with Gasteiger partial charge in [-0.2, -0.15) is 50.5 Å². The van der Waals surface area contributed by atoms with Crippen molar-refractivity contribution < 1.29 is 0 Å². The SMILES string of the molecule is [B]C(CCCC(S)S)C1CCC2C3CCC4CCCC(C)C4(S)C3CSC12S. The number of rotatable bonds is 5. The minimum absolute atomic E-state index is 0.0802. The zero-order valence-corrected chi connectivity index (χ0v) is 21.6. The minimum Gasteiger partial charge on any atom is -0.172 e. The van der Waals surface area contributed by atoms with E-state index in [-0.39, 0.29) is 19.2 Å². The van der Waals surface area contributed by atoms with E-state index >= 15 is 0 Å². The molecule has 9 atom stereocenters. The molecular weight excluding hydrogens is 435 g/mol. The van der Waals surface area contributed by atoms with Crippen molar-refractivity contribution in [1.82, 2.24) is 0 Å². The summed E-state index contributed by atoms with van der Waals surface area (Å²) in [6.45, 7) is 2.48. The van der Waals surface area contributed by atoms with Crippen LogP contribution >= 0.6 is 62.3 Å². The molecule has 6 heteroatoms. The lowest BCUT2D eigenvalue weighted by Gasteiger charge is -2.61. The quantitative estimate of drug-likeness (QED) is 0.193. The molecule has 0 aromatic carbocycles. The van der Waals surface area contributed by atoms with E-state index in [2.05, 4.69) is 43.9 Å². The molecular formula is C22H37BS5. The van der Waals surface area contributed by atoms with Crippen molar-refractivity contribution in [3.8, 4) is 0 Å². The third kappa shape index (κ3) is 3.88. The van der Waals surface area contributed by atoms with Gasteiger partial charge >= 0.3 is 0 Å². The molecule has 1 saturated heterocycles. The zero-order chi connectivity index (χ0) is 20.1. The summed E-state index contributed by atoms with van der Waals surface area (Å²) < 4.78 is 0.520. The Morgan fingerprint density at radius 3 is 2.54 bits per heavy atom. The van der Waals surface area contributed by atoms with Gasteiger partial charge in [-0.25, -0.2) is 0 Å². The first-order valence-corrected chi connectivity index (χ1v) is 14.4. The molecule has 9 unspecified atom stereocenters. The van der Waals surface area contributed by atoms with Crippen LogP contribution in [-0.4, -0.2) is 27.0 Å². The third-order valence-electron chi connectivity index (χ3n) is 8.97. The number of hydrogen-bond donors (Lipinski definition) is 4. The highest BCUT2D eigenvalue weighted by molar-refractivity contribution is 8.11. The number of thioether (sulfide) groups is 1. The fraction of sp³-hybridized carbons (Fsp3) is 1.00. The van der Waals surface area contributed by atoms with Crippen LogP contribution in [-0.2, 0) is 0 Å². The predicted octanol–water partition coefficient (Wildman–Crippen LogP) is 6.83. The van der Waals surface area contributed by atoms with Gasteiger partial charge in [0.05, 0.1) is 11.9 Å². The highest BCUT2D eigenvalue weighted by Crippen LogP contribution is 2.68. The average Bonchev–Trinajstić information content (AvgIpc) is 3.00. The van der Waals surface area contributed by atoms with E-state index in [0.29, 0.717) is 5.92 Å². The molecule has 4 rings (SSSR count). The summed E-state index contributed by atoms with van der Waals surface area (Å²) >= 11 is 21.9. The number of hydrogen-bond acceptors (Lipinski definition) is 5. The van der Waals surface area contributed by atoms with Gasteiger partial charge in [-0.3, -0.25) is 0 Å². The predicted molar refractivity (Wildman–Crippen MR) is 140 cm³/mol. The fourth-order valence-corrected chi connectivity index (χ4v) is 11.5.